The lowest BCUT2D eigenvalue weighted by molar-refractivity contribution is -0.146. The van der Waals surface area contributed by atoms with Crippen LogP contribution in [0.1, 0.15) is 19.4 Å². The maximum Gasteiger partial charge on any atom is 0.259 e. The molecule has 0 spiro atoms. The van der Waals surface area contributed by atoms with E-state index >= 15 is 0 Å². The molecule has 3 N–H and O–H groups in total. The lowest BCUT2D eigenvalue weighted by Gasteiger charge is -2.43. The number of amides is 2. The maximum atomic E-state index is 12.6. The van der Waals surface area contributed by atoms with Crippen LogP contribution in [0.3, 0.4) is 0 Å². The van der Waals surface area contributed by atoms with Gasteiger partial charge in [0.05, 0.1) is 20.3 Å². The molecule has 2 amide bonds. The highest BCUT2D eigenvalue weighted by Crippen LogP contribution is 2.27. The van der Waals surface area contributed by atoms with Crippen molar-refractivity contribution in [3.63, 3.8) is 0 Å². The molecule has 9 heteroatoms. The molecule has 0 radical (unpaired) electrons. The molecule has 2 aliphatic rings. The number of amidine groups is 1. The Kier molecular flexibility index (Phi) is 5.07. The van der Waals surface area contributed by atoms with Crippen molar-refractivity contribution in [2.75, 3.05) is 20.3 Å². The normalized spacial score (nSPS) is 24.1. The van der Waals surface area contributed by atoms with Gasteiger partial charge in [-0.1, -0.05) is 6.07 Å². The molecule has 1 saturated heterocycles. The number of aliphatic hydroxyl groups excluding tert-OH is 1. The molecule has 0 aromatic heterocycles. The standard InChI is InChI=1S/C18H23N3O6/c1-18(2)17-20-13(14(23)16(25)21(17)6-7-27-18)15(24)19-9-10-4-5-11(22)12(8-10)26-3/h4-5,8,13-14,22-23H,6-7,9H2,1-3H3,(H,19,24). The van der Waals surface area contributed by atoms with Crippen molar-refractivity contribution in [3.05, 3.63) is 23.8 Å². The van der Waals surface area contributed by atoms with Gasteiger partial charge in [-0.25, -0.2) is 0 Å². The summed E-state index contributed by atoms with van der Waals surface area (Å²) in [6.45, 7) is 4.28. The first-order valence-electron chi connectivity index (χ1n) is 8.60. The van der Waals surface area contributed by atoms with Gasteiger partial charge in [0.1, 0.15) is 11.4 Å². The van der Waals surface area contributed by atoms with Crippen LogP contribution in [-0.2, 0) is 20.9 Å². The molecule has 2 atom stereocenters. The SMILES string of the molecule is COc1cc(CNC(=O)C2N=C3N(CCOC3(C)C)C(=O)C2O)ccc1O. The van der Waals surface area contributed by atoms with Crippen molar-refractivity contribution in [3.8, 4) is 11.5 Å². The van der Waals surface area contributed by atoms with Crippen molar-refractivity contribution in [2.24, 2.45) is 4.99 Å². The van der Waals surface area contributed by atoms with Crippen LogP contribution in [0.15, 0.2) is 23.2 Å². The van der Waals surface area contributed by atoms with Gasteiger partial charge in [0.25, 0.3) is 5.91 Å². The monoisotopic (exact) mass is 377 g/mol. The van der Waals surface area contributed by atoms with Gasteiger partial charge in [-0.05, 0) is 31.5 Å². The van der Waals surface area contributed by atoms with Crippen LogP contribution < -0.4 is 10.1 Å². The quantitative estimate of drug-likeness (QED) is 0.668. The number of morpholine rings is 1. The number of methoxy groups -OCH3 is 1. The highest BCUT2D eigenvalue weighted by Gasteiger charge is 2.47. The number of fused-ring (bicyclic) bond motifs is 1. The molecule has 0 aliphatic carbocycles. The van der Waals surface area contributed by atoms with E-state index < -0.39 is 29.6 Å². The van der Waals surface area contributed by atoms with Gasteiger partial charge >= 0.3 is 0 Å². The van der Waals surface area contributed by atoms with Gasteiger partial charge in [-0.3, -0.25) is 19.5 Å². The van der Waals surface area contributed by atoms with Gasteiger partial charge in [-0.15, -0.1) is 0 Å². The number of phenols is 1. The van der Waals surface area contributed by atoms with Crippen molar-refractivity contribution in [1.29, 1.82) is 0 Å². The molecular formula is C18H23N3O6. The molecular weight excluding hydrogens is 354 g/mol. The number of ether oxygens (including phenoxy) is 2. The number of hydrogen-bond donors (Lipinski definition) is 3. The highest BCUT2D eigenvalue weighted by molar-refractivity contribution is 6.09. The van der Waals surface area contributed by atoms with Crippen LogP contribution in [0.5, 0.6) is 11.5 Å². The first kappa shape index (κ1) is 19.1. The van der Waals surface area contributed by atoms with E-state index in [9.17, 15) is 19.8 Å². The molecule has 3 rings (SSSR count). The Morgan fingerprint density at radius 2 is 2.22 bits per heavy atom. The number of rotatable bonds is 4. The van der Waals surface area contributed by atoms with Crippen LogP contribution >= 0.6 is 0 Å². The summed E-state index contributed by atoms with van der Waals surface area (Å²) in [5, 5.41) is 22.6. The average Bonchev–Trinajstić information content (AvgIpc) is 2.63. The number of aromatic hydroxyl groups is 1. The summed E-state index contributed by atoms with van der Waals surface area (Å²) in [6.07, 6.45) is -1.54. The van der Waals surface area contributed by atoms with Crippen molar-refractivity contribution < 1.29 is 29.3 Å². The second-order valence-corrected chi connectivity index (χ2v) is 6.92. The Morgan fingerprint density at radius 1 is 1.48 bits per heavy atom. The number of aliphatic imine (C=N–C) groups is 1. The van der Waals surface area contributed by atoms with E-state index in [4.69, 9.17) is 9.47 Å². The number of benzene rings is 1. The van der Waals surface area contributed by atoms with E-state index in [1.54, 1.807) is 26.0 Å². The van der Waals surface area contributed by atoms with E-state index in [0.717, 1.165) is 0 Å². The zero-order valence-electron chi connectivity index (χ0n) is 15.4. The van der Waals surface area contributed by atoms with Crippen LogP contribution in [0.25, 0.3) is 0 Å². The van der Waals surface area contributed by atoms with Gasteiger partial charge in [0.2, 0.25) is 5.91 Å². The minimum Gasteiger partial charge on any atom is -0.504 e. The molecule has 1 aromatic carbocycles. The lowest BCUT2D eigenvalue weighted by Crippen LogP contribution is -2.64. The van der Waals surface area contributed by atoms with Crippen molar-refractivity contribution in [2.45, 2.75) is 38.1 Å². The van der Waals surface area contributed by atoms with Gasteiger partial charge in [0, 0.05) is 6.54 Å². The van der Waals surface area contributed by atoms with Crippen molar-refractivity contribution >= 4 is 17.6 Å². The van der Waals surface area contributed by atoms with Gasteiger partial charge < -0.3 is 25.0 Å². The number of nitrogens with one attached hydrogen (secondary N) is 1. The fourth-order valence-electron chi connectivity index (χ4n) is 3.15. The first-order chi connectivity index (χ1) is 12.7. The predicted octanol–water partition coefficient (Wildman–Crippen LogP) is -0.204. The summed E-state index contributed by atoms with van der Waals surface area (Å²) in [4.78, 5) is 30.7. The third-order valence-electron chi connectivity index (χ3n) is 4.63. The second kappa shape index (κ2) is 7.16. The number of phenolic OH excluding ortho intramolecular Hbond substituents is 1. The van der Waals surface area contributed by atoms with E-state index in [1.807, 2.05) is 0 Å². The number of carbonyl (C=O) groups excluding carboxylic acids is 2. The zero-order chi connectivity index (χ0) is 19.8. The molecule has 2 aliphatic heterocycles. The van der Waals surface area contributed by atoms with Crippen LogP contribution in [0, 0.1) is 0 Å². The van der Waals surface area contributed by atoms with E-state index in [2.05, 4.69) is 10.3 Å². The third-order valence-corrected chi connectivity index (χ3v) is 4.63. The molecule has 27 heavy (non-hydrogen) atoms. The van der Waals surface area contributed by atoms with Gasteiger partial charge in [-0.2, -0.15) is 0 Å². The zero-order valence-corrected chi connectivity index (χ0v) is 15.4. The molecule has 1 fully saturated rings. The smallest absolute Gasteiger partial charge is 0.259 e. The third kappa shape index (κ3) is 3.60. The Balaban J connectivity index is 1.76. The topological polar surface area (TPSA) is 121 Å². The Morgan fingerprint density at radius 3 is 2.93 bits per heavy atom. The Labute approximate surface area is 156 Å². The Hall–Kier alpha value is -2.65. The minimum atomic E-state index is -1.54. The summed E-state index contributed by atoms with van der Waals surface area (Å²) in [5.74, 6) is -0.506. The molecule has 146 valence electrons. The van der Waals surface area contributed by atoms with Crippen LogP contribution in [0.2, 0.25) is 0 Å². The summed E-state index contributed by atoms with van der Waals surface area (Å²) in [5.41, 5.74) is -0.137. The fourth-order valence-corrected chi connectivity index (χ4v) is 3.15. The maximum absolute atomic E-state index is 12.6. The summed E-state index contributed by atoms with van der Waals surface area (Å²) >= 11 is 0. The van der Waals surface area contributed by atoms with E-state index in [0.29, 0.717) is 24.6 Å². The number of hydrogen-bond acceptors (Lipinski definition) is 7. The fraction of sp³-hybridized carbons (Fsp3) is 0.500. The first-order valence-corrected chi connectivity index (χ1v) is 8.60. The molecule has 2 unspecified atom stereocenters. The molecule has 9 nitrogen and oxygen atoms in total. The predicted molar refractivity (Wildman–Crippen MR) is 95.5 cm³/mol. The van der Waals surface area contributed by atoms with Crippen LogP contribution in [0.4, 0.5) is 0 Å². The summed E-state index contributed by atoms with van der Waals surface area (Å²) in [6, 6.07) is 3.43. The number of nitrogens with zero attached hydrogens (tertiary/aromatic N) is 2. The highest BCUT2D eigenvalue weighted by atomic mass is 16.5. The molecule has 0 bridgehead atoms. The average molecular weight is 377 g/mol. The summed E-state index contributed by atoms with van der Waals surface area (Å²) < 4.78 is 10.7. The second-order valence-electron chi connectivity index (χ2n) is 6.92. The summed E-state index contributed by atoms with van der Waals surface area (Å²) in [7, 11) is 1.43. The molecule has 2 heterocycles. The molecule has 1 aromatic rings. The lowest BCUT2D eigenvalue weighted by atomic mass is 9.98. The van der Waals surface area contributed by atoms with Crippen molar-refractivity contribution in [1.82, 2.24) is 10.2 Å². The number of carbonyl (C=O) groups is 2. The minimum absolute atomic E-state index is 0.00750. The van der Waals surface area contributed by atoms with E-state index in [1.165, 1.54) is 18.1 Å². The molecule has 0 saturated carbocycles. The van der Waals surface area contributed by atoms with E-state index in [-0.39, 0.29) is 18.0 Å². The number of aliphatic hydroxyl groups is 1. The van der Waals surface area contributed by atoms with Crippen LogP contribution in [-0.4, -0.2) is 70.8 Å². The largest absolute Gasteiger partial charge is 0.504 e. The Bertz CT molecular complexity index is 791. The van der Waals surface area contributed by atoms with Gasteiger partial charge in [0.15, 0.2) is 23.6 Å².